The summed E-state index contributed by atoms with van der Waals surface area (Å²) < 4.78 is 13.4. The van der Waals surface area contributed by atoms with Crippen LogP contribution in [0.2, 0.25) is 0 Å². The van der Waals surface area contributed by atoms with Crippen molar-refractivity contribution in [3.05, 3.63) is 142 Å². The maximum Gasteiger partial charge on any atom is 0.225 e. The molecule has 0 radical (unpaired) electrons. The van der Waals surface area contributed by atoms with Crippen molar-refractivity contribution in [1.29, 1.82) is 0 Å². The van der Waals surface area contributed by atoms with E-state index in [0.29, 0.717) is 30.9 Å². The molecule has 0 N–H and O–H groups in total. The number of anilines is 1. The topological polar surface area (TPSA) is 34.6 Å². The van der Waals surface area contributed by atoms with Crippen molar-refractivity contribution in [2.24, 2.45) is 0 Å². The van der Waals surface area contributed by atoms with Crippen LogP contribution < -0.4 is 14.4 Å². The van der Waals surface area contributed by atoms with Crippen LogP contribution in [-0.2, 0) is 13.2 Å². The highest BCUT2D eigenvalue weighted by molar-refractivity contribution is 9.10. The van der Waals surface area contributed by atoms with Gasteiger partial charge in [0.2, 0.25) is 11.8 Å². The van der Waals surface area contributed by atoms with Crippen LogP contribution >= 0.6 is 15.9 Å². The second kappa shape index (κ2) is 13.0. The molecular weight excluding hydrogens is 572 g/mol. The number of piperidine rings is 1. The average molecular weight is 606 g/mol. The van der Waals surface area contributed by atoms with Crippen molar-refractivity contribution < 1.29 is 9.47 Å². The summed E-state index contributed by atoms with van der Waals surface area (Å²) in [5, 5.41) is 0. The lowest BCUT2D eigenvalue weighted by atomic mass is 9.88. The van der Waals surface area contributed by atoms with Crippen LogP contribution in [0.4, 0.5) is 5.69 Å². The number of rotatable bonds is 9. The van der Waals surface area contributed by atoms with Crippen LogP contribution in [0, 0.1) is 0 Å². The van der Waals surface area contributed by atoms with Crippen LogP contribution in [-0.4, -0.2) is 18.1 Å². The molecule has 0 amide bonds. The standard InChI is InChI=1S/C36H33BrN2O2/c37-32-15-17-33(18-16-32)39-23-21-30(22-24-39)29-11-13-31(14-12-29)34-19-20-35(40-25-27-7-3-1-4-8-27)38-36(34)41-26-28-9-5-2-6-10-28/h1-20,30H,21-26H2. The normalized spacial score (nSPS) is 13.6. The van der Waals surface area contributed by atoms with Gasteiger partial charge >= 0.3 is 0 Å². The molecule has 0 saturated carbocycles. The molecule has 41 heavy (non-hydrogen) atoms. The highest BCUT2D eigenvalue weighted by Crippen LogP contribution is 2.35. The van der Waals surface area contributed by atoms with Crippen LogP contribution in [0.5, 0.6) is 11.8 Å². The first-order chi connectivity index (χ1) is 20.2. The van der Waals surface area contributed by atoms with Gasteiger partial charge in [0.1, 0.15) is 13.2 Å². The molecule has 0 aliphatic carbocycles. The van der Waals surface area contributed by atoms with E-state index >= 15 is 0 Å². The number of ether oxygens (including phenoxy) is 2. The minimum atomic E-state index is 0.442. The van der Waals surface area contributed by atoms with Gasteiger partial charge < -0.3 is 14.4 Å². The Balaban J connectivity index is 1.16. The van der Waals surface area contributed by atoms with E-state index in [9.17, 15) is 0 Å². The van der Waals surface area contributed by atoms with Crippen molar-refractivity contribution in [3.8, 4) is 22.9 Å². The molecular formula is C36H33BrN2O2. The summed E-state index contributed by atoms with van der Waals surface area (Å²) in [6.45, 7) is 3.04. The van der Waals surface area contributed by atoms with Gasteiger partial charge in [0, 0.05) is 34.9 Å². The predicted octanol–water partition coefficient (Wildman–Crippen LogP) is 9.05. The van der Waals surface area contributed by atoms with Gasteiger partial charge in [-0.15, -0.1) is 0 Å². The molecule has 1 aliphatic heterocycles. The zero-order valence-corrected chi connectivity index (χ0v) is 24.5. The number of hydrogen-bond donors (Lipinski definition) is 0. The molecule has 1 aromatic heterocycles. The molecule has 5 heteroatoms. The summed E-state index contributed by atoms with van der Waals surface area (Å²) in [5.41, 5.74) is 6.94. The smallest absolute Gasteiger partial charge is 0.225 e. The number of pyridine rings is 1. The quantitative estimate of drug-likeness (QED) is 0.168. The number of aromatic nitrogens is 1. The SMILES string of the molecule is Brc1ccc(N2CCC(c3ccc(-c4ccc(OCc5ccccc5)nc4OCc4ccccc4)cc3)CC2)cc1. The Kier molecular flexibility index (Phi) is 8.63. The summed E-state index contributed by atoms with van der Waals surface area (Å²) in [5.74, 6) is 1.70. The lowest BCUT2D eigenvalue weighted by Gasteiger charge is -2.34. The maximum absolute atomic E-state index is 6.28. The third kappa shape index (κ3) is 6.98. The Bertz CT molecular complexity index is 1530. The predicted molar refractivity (Wildman–Crippen MR) is 170 cm³/mol. The number of nitrogens with zero attached hydrogens (tertiary/aromatic N) is 2. The van der Waals surface area contributed by atoms with Crippen molar-refractivity contribution >= 4 is 21.6 Å². The fourth-order valence-corrected chi connectivity index (χ4v) is 5.61. The molecule has 4 nitrogen and oxygen atoms in total. The summed E-state index contributed by atoms with van der Waals surface area (Å²) in [6.07, 6.45) is 2.30. The highest BCUT2D eigenvalue weighted by Gasteiger charge is 2.21. The van der Waals surface area contributed by atoms with Crippen molar-refractivity contribution in [2.45, 2.75) is 32.0 Å². The first kappa shape index (κ1) is 27.1. The summed E-state index contributed by atoms with van der Waals surface area (Å²) in [6, 6.07) is 41.9. The second-order valence-electron chi connectivity index (χ2n) is 10.4. The lowest BCUT2D eigenvalue weighted by Crippen LogP contribution is -2.32. The molecule has 4 aromatic carbocycles. The van der Waals surface area contributed by atoms with E-state index < -0.39 is 0 Å². The third-order valence-electron chi connectivity index (χ3n) is 7.66. The molecule has 5 aromatic rings. The second-order valence-corrected chi connectivity index (χ2v) is 11.3. The Hall–Kier alpha value is -4.09. The minimum Gasteiger partial charge on any atom is -0.473 e. The maximum atomic E-state index is 6.28. The molecule has 0 bridgehead atoms. The van der Waals surface area contributed by atoms with Crippen LogP contribution in [0.1, 0.15) is 35.4 Å². The van der Waals surface area contributed by atoms with Crippen LogP contribution in [0.25, 0.3) is 11.1 Å². The van der Waals surface area contributed by atoms with Crippen molar-refractivity contribution in [3.63, 3.8) is 0 Å². The zero-order valence-electron chi connectivity index (χ0n) is 23.0. The zero-order chi connectivity index (χ0) is 27.9. The Morgan fingerprint density at radius 2 is 1.27 bits per heavy atom. The molecule has 6 rings (SSSR count). The van der Waals surface area contributed by atoms with Gasteiger partial charge in [-0.05, 0) is 71.3 Å². The molecule has 1 aliphatic rings. The minimum absolute atomic E-state index is 0.442. The summed E-state index contributed by atoms with van der Waals surface area (Å²) in [4.78, 5) is 7.27. The fraction of sp³-hybridized carbons (Fsp3) is 0.194. The van der Waals surface area contributed by atoms with Crippen molar-refractivity contribution in [1.82, 2.24) is 4.98 Å². The number of benzene rings is 4. The first-order valence-corrected chi connectivity index (χ1v) is 15.0. The van der Waals surface area contributed by atoms with E-state index in [-0.39, 0.29) is 0 Å². The Morgan fingerprint density at radius 3 is 1.90 bits per heavy atom. The average Bonchev–Trinajstić information content (AvgIpc) is 3.04. The number of halogens is 1. The summed E-state index contributed by atoms with van der Waals surface area (Å²) in [7, 11) is 0. The molecule has 1 fully saturated rings. The largest absolute Gasteiger partial charge is 0.473 e. The van der Waals surface area contributed by atoms with E-state index in [1.54, 1.807) is 0 Å². The molecule has 1 saturated heterocycles. The highest BCUT2D eigenvalue weighted by atomic mass is 79.9. The summed E-state index contributed by atoms with van der Waals surface area (Å²) >= 11 is 3.54. The van der Waals surface area contributed by atoms with Gasteiger partial charge in [-0.1, -0.05) is 101 Å². The molecule has 0 atom stereocenters. The number of hydrogen-bond acceptors (Lipinski definition) is 4. The van der Waals surface area contributed by atoms with Crippen LogP contribution in [0.3, 0.4) is 0 Å². The van der Waals surface area contributed by atoms with Crippen molar-refractivity contribution in [2.75, 3.05) is 18.0 Å². The molecule has 0 spiro atoms. The van der Waals surface area contributed by atoms with Gasteiger partial charge in [-0.2, -0.15) is 4.98 Å². The van der Waals surface area contributed by atoms with Gasteiger partial charge in [0.15, 0.2) is 0 Å². The van der Waals surface area contributed by atoms with E-state index in [4.69, 9.17) is 14.5 Å². The van der Waals surface area contributed by atoms with Gasteiger partial charge in [-0.25, -0.2) is 0 Å². The van der Waals surface area contributed by atoms with Gasteiger partial charge in [-0.3, -0.25) is 0 Å². The fourth-order valence-electron chi connectivity index (χ4n) is 5.35. The molecule has 2 heterocycles. The molecule has 0 unspecified atom stereocenters. The van der Waals surface area contributed by atoms with Crippen LogP contribution in [0.15, 0.2) is 126 Å². The lowest BCUT2D eigenvalue weighted by molar-refractivity contribution is 0.268. The first-order valence-electron chi connectivity index (χ1n) is 14.2. The van der Waals surface area contributed by atoms with E-state index in [2.05, 4.69) is 87.6 Å². The Labute approximate surface area is 250 Å². The third-order valence-corrected chi connectivity index (χ3v) is 8.19. The Morgan fingerprint density at radius 1 is 0.659 bits per heavy atom. The van der Waals surface area contributed by atoms with E-state index in [1.165, 1.54) is 11.3 Å². The van der Waals surface area contributed by atoms with E-state index in [1.807, 2.05) is 54.6 Å². The van der Waals surface area contributed by atoms with E-state index in [0.717, 1.165) is 52.7 Å². The van der Waals surface area contributed by atoms with Gasteiger partial charge in [0.25, 0.3) is 0 Å². The van der Waals surface area contributed by atoms with Gasteiger partial charge in [0.05, 0.1) is 0 Å². The molecule has 206 valence electrons. The monoisotopic (exact) mass is 604 g/mol.